The van der Waals surface area contributed by atoms with Crippen molar-refractivity contribution in [1.29, 1.82) is 0 Å². The van der Waals surface area contributed by atoms with Gasteiger partial charge in [0.1, 0.15) is 17.5 Å². The van der Waals surface area contributed by atoms with Crippen LogP contribution in [0.15, 0.2) is 18.2 Å². The lowest BCUT2D eigenvalue weighted by molar-refractivity contribution is -0.222. The predicted molar refractivity (Wildman–Crippen MR) is 147 cm³/mol. The Morgan fingerprint density at radius 3 is 2.17 bits per heavy atom. The van der Waals surface area contributed by atoms with Crippen LogP contribution >= 0.6 is 0 Å². The molecule has 40 heavy (non-hydrogen) atoms. The summed E-state index contributed by atoms with van der Waals surface area (Å²) in [5.41, 5.74) is -4.85. The number of hydrogen-bond acceptors (Lipinski definition) is 8. The van der Waals surface area contributed by atoms with E-state index < -0.39 is 80.9 Å². The first-order valence-corrected chi connectivity index (χ1v) is 13.9. The molecule has 0 aromatic heterocycles. The Labute approximate surface area is 234 Å². The molecule has 3 unspecified atom stereocenters. The van der Waals surface area contributed by atoms with Crippen molar-refractivity contribution in [3.8, 4) is 5.75 Å². The smallest absolute Gasteiger partial charge is 0.190 e. The number of carbonyl (C=O) groups is 6. The standard InChI is InChI=1S/C32H38O8/c1-9-19(34)12-10-18-11-13-20-15(4)30(7)17(6)31(8)23(14(2)3)26(36)21(16(5)33)28(38)32(31,40)29(39)24(30)27(37)22(20)25(18)35/h10-15,17,21,23-24,35,40H,9H2,1-8H3/b12-10+/t15-,17-,21?,23?,24?,30-,31-,32+/m1/s1. The molecule has 4 rings (SSSR count). The van der Waals surface area contributed by atoms with Gasteiger partial charge >= 0.3 is 0 Å². The molecule has 0 amide bonds. The van der Waals surface area contributed by atoms with Crippen LogP contribution in [0.5, 0.6) is 5.75 Å². The molecule has 1 aromatic carbocycles. The van der Waals surface area contributed by atoms with Crippen LogP contribution in [-0.2, 0) is 24.0 Å². The summed E-state index contributed by atoms with van der Waals surface area (Å²) in [7, 11) is 0. The molecular weight excluding hydrogens is 512 g/mol. The van der Waals surface area contributed by atoms with Gasteiger partial charge in [-0.25, -0.2) is 0 Å². The molecule has 3 aliphatic carbocycles. The number of aliphatic hydroxyl groups is 1. The van der Waals surface area contributed by atoms with E-state index in [0.717, 1.165) is 6.92 Å². The average molecular weight is 551 g/mol. The first kappa shape index (κ1) is 29.7. The van der Waals surface area contributed by atoms with E-state index in [9.17, 15) is 39.0 Å². The van der Waals surface area contributed by atoms with E-state index in [-0.39, 0.29) is 29.1 Å². The summed E-state index contributed by atoms with van der Waals surface area (Å²) in [6.45, 7) is 13.2. The lowest BCUT2D eigenvalue weighted by atomic mass is 9.35. The van der Waals surface area contributed by atoms with Gasteiger partial charge in [0.05, 0.1) is 11.5 Å². The van der Waals surface area contributed by atoms with E-state index >= 15 is 0 Å². The summed E-state index contributed by atoms with van der Waals surface area (Å²) in [5.74, 6) is -10.8. The van der Waals surface area contributed by atoms with Gasteiger partial charge in [0, 0.05) is 23.3 Å². The molecule has 1 aromatic rings. The lowest BCUT2D eigenvalue weighted by Gasteiger charge is -2.66. The maximum absolute atomic E-state index is 14.5. The predicted octanol–water partition coefficient (Wildman–Crippen LogP) is 3.89. The fraction of sp³-hybridized carbons (Fsp3) is 0.562. The highest BCUT2D eigenvalue weighted by atomic mass is 16.3. The Morgan fingerprint density at radius 1 is 1.05 bits per heavy atom. The molecule has 8 heteroatoms. The van der Waals surface area contributed by atoms with Crippen molar-refractivity contribution in [1.82, 2.24) is 0 Å². The highest BCUT2D eigenvalue weighted by molar-refractivity contribution is 6.32. The number of rotatable bonds is 5. The summed E-state index contributed by atoms with van der Waals surface area (Å²) in [5, 5.41) is 23.4. The summed E-state index contributed by atoms with van der Waals surface area (Å²) >= 11 is 0. The van der Waals surface area contributed by atoms with Gasteiger partial charge in [-0.2, -0.15) is 0 Å². The number of allylic oxidation sites excluding steroid dienone is 1. The minimum absolute atomic E-state index is 0.0864. The van der Waals surface area contributed by atoms with Crippen molar-refractivity contribution >= 4 is 40.8 Å². The molecular formula is C32H38O8. The highest BCUT2D eigenvalue weighted by Crippen LogP contribution is 2.69. The van der Waals surface area contributed by atoms with E-state index in [2.05, 4.69) is 0 Å². The topological polar surface area (TPSA) is 143 Å². The second-order valence-electron chi connectivity index (χ2n) is 12.6. The number of benzene rings is 1. The average Bonchev–Trinajstić information content (AvgIpc) is 2.87. The molecule has 0 aliphatic heterocycles. The Kier molecular flexibility index (Phi) is 6.98. The van der Waals surface area contributed by atoms with Crippen molar-refractivity contribution in [2.45, 2.75) is 73.3 Å². The normalized spacial score (nSPS) is 37.4. The molecule has 0 saturated heterocycles. The zero-order valence-corrected chi connectivity index (χ0v) is 24.3. The quantitative estimate of drug-likeness (QED) is 0.415. The second kappa shape index (κ2) is 9.40. The minimum atomic E-state index is -2.76. The molecule has 3 aliphatic rings. The second-order valence-corrected chi connectivity index (χ2v) is 12.6. The third-order valence-electron chi connectivity index (χ3n) is 10.7. The maximum atomic E-state index is 14.5. The number of aromatic hydroxyl groups is 1. The third-order valence-corrected chi connectivity index (χ3v) is 10.7. The van der Waals surface area contributed by atoms with Crippen LogP contribution in [0, 0.1) is 40.4 Å². The molecule has 0 heterocycles. The molecule has 2 fully saturated rings. The fourth-order valence-corrected chi connectivity index (χ4v) is 8.25. The number of hydrogen-bond donors (Lipinski definition) is 2. The van der Waals surface area contributed by atoms with E-state index in [0.29, 0.717) is 5.56 Å². The first-order chi connectivity index (χ1) is 18.4. The maximum Gasteiger partial charge on any atom is 0.190 e. The third kappa shape index (κ3) is 3.41. The molecule has 214 valence electrons. The highest BCUT2D eigenvalue weighted by Gasteiger charge is 2.79. The number of ketones is 6. The zero-order chi connectivity index (χ0) is 30.3. The largest absolute Gasteiger partial charge is 0.507 e. The van der Waals surface area contributed by atoms with Gasteiger partial charge in [-0.05, 0) is 47.8 Å². The van der Waals surface area contributed by atoms with Crippen molar-refractivity contribution in [2.24, 2.45) is 40.4 Å². The van der Waals surface area contributed by atoms with Gasteiger partial charge in [-0.15, -0.1) is 0 Å². The van der Waals surface area contributed by atoms with Gasteiger partial charge in [-0.1, -0.05) is 60.6 Å². The molecule has 2 saturated carbocycles. The number of phenols is 1. The number of phenolic OH excluding ortho intramolecular Hbond substituents is 1. The summed E-state index contributed by atoms with van der Waals surface area (Å²) in [6.07, 6.45) is 2.97. The Morgan fingerprint density at radius 2 is 1.65 bits per heavy atom. The van der Waals surface area contributed by atoms with Gasteiger partial charge in [0.15, 0.2) is 34.5 Å². The first-order valence-electron chi connectivity index (χ1n) is 13.9. The lowest BCUT2D eigenvalue weighted by Crippen LogP contribution is -2.79. The molecule has 0 bridgehead atoms. The van der Waals surface area contributed by atoms with Crippen LogP contribution < -0.4 is 0 Å². The van der Waals surface area contributed by atoms with E-state index in [1.54, 1.807) is 53.7 Å². The molecule has 8 atom stereocenters. The zero-order valence-electron chi connectivity index (χ0n) is 24.3. The van der Waals surface area contributed by atoms with Gasteiger partial charge in [0.2, 0.25) is 0 Å². The molecule has 0 radical (unpaired) electrons. The van der Waals surface area contributed by atoms with Crippen LogP contribution in [0.3, 0.4) is 0 Å². The van der Waals surface area contributed by atoms with E-state index in [1.807, 2.05) is 6.92 Å². The fourth-order valence-electron chi connectivity index (χ4n) is 8.25. The van der Waals surface area contributed by atoms with Gasteiger partial charge in [-0.3, -0.25) is 28.8 Å². The van der Waals surface area contributed by atoms with Crippen LogP contribution in [0.25, 0.3) is 6.08 Å². The van der Waals surface area contributed by atoms with Crippen LogP contribution in [0.2, 0.25) is 0 Å². The van der Waals surface area contributed by atoms with Crippen LogP contribution in [0.1, 0.15) is 89.2 Å². The molecule has 8 nitrogen and oxygen atoms in total. The Balaban J connectivity index is 2.01. The Hall–Kier alpha value is -3.26. The summed E-state index contributed by atoms with van der Waals surface area (Å²) < 4.78 is 0. The Bertz CT molecular complexity index is 1400. The minimum Gasteiger partial charge on any atom is -0.507 e. The molecule has 2 N–H and O–H groups in total. The number of fused-ring (bicyclic) bond motifs is 3. The van der Waals surface area contributed by atoms with Gasteiger partial charge < -0.3 is 10.2 Å². The summed E-state index contributed by atoms with van der Waals surface area (Å²) in [6, 6.07) is 3.30. The van der Waals surface area contributed by atoms with Crippen molar-refractivity contribution < 1.29 is 39.0 Å². The molecule has 0 spiro atoms. The summed E-state index contributed by atoms with van der Waals surface area (Å²) in [4.78, 5) is 80.6. The van der Waals surface area contributed by atoms with Gasteiger partial charge in [0.25, 0.3) is 0 Å². The van der Waals surface area contributed by atoms with E-state index in [4.69, 9.17) is 0 Å². The van der Waals surface area contributed by atoms with Crippen LogP contribution in [-0.4, -0.2) is 50.5 Å². The van der Waals surface area contributed by atoms with E-state index in [1.165, 1.54) is 12.2 Å². The van der Waals surface area contributed by atoms with Crippen molar-refractivity contribution in [3.63, 3.8) is 0 Å². The van der Waals surface area contributed by atoms with Crippen molar-refractivity contribution in [2.75, 3.05) is 0 Å². The number of carbonyl (C=O) groups excluding carboxylic acids is 6. The number of Topliss-reactive ketones (excluding diaryl/α,β-unsaturated/α-hetero) is 5. The van der Waals surface area contributed by atoms with Crippen molar-refractivity contribution in [3.05, 3.63) is 34.9 Å². The monoisotopic (exact) mass is 550 g/mol. The van der Waals surface area contributed by atoms with Crippen LogP contribution in [0.4, 0.5) is 0 Å². The SMILES string of the molecule is CCC(=O)/C=C/c1ccc2c(c1O)C(=O)C1C(=O)[C@@]3(O)C(=O)C(C(C)=O)C(=O)C(C(C)C)[C@@]3(C)[C@H](C)[C@@]1(C)[C@@H]2C.